The van der Waals surface area contributed by atoms with Crippen LogP contribution in [0.5, 0.6) is 0 Å². The Kier molecular flexibility index (Phi) is 2.74. The molecule has 90 valence electrons. The Morgan fingerprint density at radius 2 is 2.29 bits per heavy atom. The van der Waals surface area contributed by atoms with Crippen LogP contribution in [0.4, 0.5) is 5.82 Å². The molecule has 3 rings (SSSR count). The minimum atomic E-state index is 0.796. The van der Waals surface area contributed by atoms with Crippen LogP contribution in [-0.4, -0.2) is 26.3 Å². The zero-order valence-electron chi connectivity index (χ0n) is 9.65. The van der Waals surface area contributed by atoms with Crippen molar-refractivity contribution < 1.29 is 0 Å². The summed E-state index contributed by atoms with van der Waals surface area (Å²) in [6, 6.07) is 0. The number of nitrogens with zero attached hydrogens (tertiary/aromatic N) is 4. The molecule has 0 spiro atoms. The van der Waals surface area contributed by atoms with Crippen molar-refractivity contribution in [3.63, 3.8) is 0 Å². The van der Waals surface area contributed by atoms with E-state index in [0.29, 0.717) is 0 Å². The highest BCUT2D eigenvalue weighted by Crippen LogP contribution is 2.32. The SMILES string of the molecule is Cn1nc(Br)c2c(NCCC3CC3)ncnc21. The molecule has 0 amide bonds. The van der Waals surface area contributed by atoms with Gasteiger partial charge in [-0.1, -0.05) is 12.8 Å². The van der Waals surface area contributed by atoms with Crippen molar-refractivity contribution in [1.29, 1.82) is 0 Å². The summed E-state index contributed by atoms with van der Waals surface area (Å²) in [5, 5.41) is 8.64. The highest BCUT2D eigenvalue weighted by Gasteiger charge is 2.20. The Morgan fingerprint density at radius 1 is 1.47 bits per heavy atom. The van der Waals surface area contributed by atoms with Crippen molar-refractivity contribution in [3.8, 4) is 0 Å². The third-order valence-electron chi connectivity index (χ3n) is 3.12. The van der Waals surface area contributed by atoms with Gasteiger partial charge in [-0.15, -0.1) is 0 Å². The second-order valence-corrected chi connectivity index (χ2v) is 5.25. The van der Waals surface area contributed by atoms with Gasteiger partial charge in [0.15, 0.2) is 5.65 Å². The van der Waals surface area contributed by atoms with E-state index >= 15 is 0 Å². The Balaban J connectivity index is 1.86. The van der Waals surface area contributed by atoms with Crippen LogP contribution in [0.15, 0.2) is 10.9 Å². The smallest absolute Gasteiger partial charge is 0.164 e. The van der Waals surface area contributed by atoms with Gasteiger partial charge in [0, 0.05) is 13.6 Å². The number of nitrogens with one attached hydrogen (secondary N) is 1. The van der Waals surface area contributed by atoms with Crippen LogP contribution in [0.3, 0.4) is 0 Å². The van der Waals surface area contributed by atoms with Crippen LogP contribution in [0.25, 0.3) is 11.0 Å². The molecule has 0 unspecified atom stereocenters. The predicted octanol–water partition coefficient (Wildman–Crippen LogP) is 2.34. The average Bonchev–Trinajstić information content (AvgIpc) is 3.07. The quantitative estimate of drug-likeness (QED) is 0.941. The first-order valence-electron chi connectivity index (χ1n) is 5.83. The second kappa shape index (κ2) is 4.25. The van der Waals surface area contributed by atoms with Crippen molar-refractivity contribution in [2.24, 2.45) is 13.0 Å². The van der Waals surface area contributed by atoms with Crippen molar-refractivity contribution in [1.82, 2.24) is 19.7 Å². The fourth-order valence-corrected chi connectivity index (χ4v) is 2.58. The summed E-state index contributed by atoms with van der Waals surface area (Å²) in [7, 11) is 1.88. The molecule has 0 aromatic carbocycles. The first-order chi connectivity index (χ1) is 8.25. The molecule has 5 nitrogen and oxygen atoms in total. The van der Waals surface area contributed by atoms with Crippen molar-refractivity contribution in [3.05, 3.63) is 10.9 Å². The lowest BCUT2D eigenvalue weighted by atomic mass is 10.3. The molecule has 0 aliphatic heterocycles. The summed E-state index contributed by atoms with van der Waals surface area (Å²) in [6.45, 7) is 0.970. The molecule has 2 aromatic rings. The van der Waals surface area contributed by atoms with Gasteiger partial charge >= 0.3 is 0 Å². The number of fused-ring (bicyclic) bond motifs is 1. The number of rotatable bonds is 4. The van der Waals surface area contributed by atoms with Crippen molar-refractivity contribution >= 4 is 32.8 Å². The monoisotopic (exact) mass is 295 g/mol. The second-order valence-electron chi connectivity index (χ2n) is 4.49. The van der Waals surface area contributed by atoms with E-state index in [-0.39, 0.29) is 0 Å². The zero-order valence-corrected chi connectivity index (χ0v) is 11.2. The maximum Gasteiger partial charge on any atom is 0.164 e. The summed E-state index contributed by atoms with van der Waals surface area (Å²) in [4.78, 5) is 8.53. The third-order valence-corrected chi connectivity index (χ3v) is 3.67. The zero-order chi connectivity index (χ0) is 11.8. The number of hydrogen-bond donors (Lipinski definition) is 1. The van der Waals surface area contributed by atoms with Crippen molar-refractivity contribution in [2.45, 2.75) is 19.3 Å². The van der Waals surface area contributed by atoms with Crippen LogP contribution in [0.2, 0.25) is 0 Å². The summed E-state index contributed by atoms with van der Waals surface area (Å²) in [5.74, 6) is 1.80. The van der Waals surface area contributed by atoms with Gasteiger partial charge in [-0.3, -0.25) is 0 Å². The van der Waals surface area contributed by atoms with E-state index in [4.69, 9.17) is 0 Å². The maximum absolute atomic E-state index is 4.30. The standard InChI is InChI=1S/C11H14BrN5/c1-17-11-8(9(12)16-17)10(14-6-15-11)13-5-4-7-2-3-7/h6-7H,2-5H2,1H3,(H,13,14,15). The highest BCUT2D eigenvalue weighted by atomic mass is 79.9. The van der Waals surface area contributed by atoms with Gasteiger partial charge in [0.25, 0.3) is 0 Å². The normalized spacial score (nSPS) is 15.4. The van der Waals surface area contributed by atoms with Crippen LogP contribution >= 0.6 is 15.9 Å². The maximum atomic E-state index is 4.30. The van der Waals surface area contributed by atoms with E-state index in [1.54, 1.807) is 11.0 Å². The molecule has 17 heavy (non-hydrogen) atoms. The van der Waals surface area contributed by atoms with Crippen LogP contribution < -0.4 is 5.32 Å². The van der Waals surface area contributed by atoms with Gasteiger partial charge in [-0.05, 0) is 28.3 Å². The molecule has 1 aliphatic carbocycles. The topological polar surface area (TPSA) is 55.6 Å². The molecule has 1 fully saturated rings. The lowest BCUT2D eigenvalue weighted by Gasteiger charge is -2.05. The average molecular weight is 296 g/mol. The number of anilines is 1. The van der Waals surface area contributed by atoms with Gasteiger partial charge < -0.3 is 5.32 Å². The molecule has 2 aromatic heterocycles. The van der Waals surface area contributed by atoms with Crippen LogP contribution in [-0.2, 0) is 7.05 Å². The summed E-state index contributed by atoms with van der Waals surface area (Å²) in [5.41, 5.74) is 0.848. The molecule has 2 heterocycles. The minimum Gasteiger partial charge on any atom is -0.369 e. The van der Waals surface area contributed by atoms with E-state index in [9.17, 15) is 0 Å². The molecule has 1 N–H and O–H groups in total. The highest BCUT2D eigenvalue weighted by molar-refractivity contribution is 9.10. The molecular weight excluding hydrogens is 282 g/mol. The largest absolute Gasteiger partial charge is 0.369 e. The van der Waals surface area contributed by atoms with E-state index in [1.807, 2.05) is 7.05 Å². The minimum absolute atomic E-state index is 0.796. The van der Waals surface area contributed by atoms with E-state index in [0.717, 1.165) is 33.9 Å². The summed E-state index contributed by atoms with van der Waals surface area (Å²) in [6.07, 6.45) is 5.58. The molecular formula is C11H14BrN5. The third kappa shape index (κ3) is 2.13. The van der Waals surface area contributed by atoms with E-state index < -0.39 is 0 Å². The predicted molar refractivity (Wildman–Crippen MR) is 69.8 cm³/mol. The number of aromatic nitrogens is 4. The van der Waals surface area contributed by atoms with E-state index in [2.05, 4.69) is 36.3 Å². The van der Waals surface area contributed by atoms with Gasteiger partial charge in [0.2, 0.25) is 0 Å². The van der Waals surface area contributed by atoms with Gasteiger partial charge in [0.05, 0.1) is 5.39 Å². The van der Waals surface area contributed by atoms with Gasteiger partial charge in [-0.25, -0.2) is 14.6 Å². The summed E-state index contributed by atoms with van der Waals surface area (Å²) >= 11 is 3.45. The number of hydrogen-bond acceptors (Lipinski definition) is 4. The first kappa shape index (κ1) is 11.0. The molecule has 0 saturated heterocycles. The Hall–Kier alpha value is -1.17. The van der Waals surface area contributed by atoms with Crippen molar-refractivity contribution in [2.75, 3.05) is 11.9 Å². The Bertz CT molecular complexity index is 546. The molecule has 1 saturated carbocycles. The van der Waals surface area contributed by atoms with Crippen LogP contribution in [0, 0.1) is 5.92 Å². The molecule has 1 aliphatic rings. The van der Waals surface area contributed by atoms with Gasteiger partial charge in [-0.2, -0.15) is 5.10 Å². The fourth-order valence-electron chi connectivity index (χ4n) is 1.98. The Labute approximate surface area is 108 Å². The molecule has 6 heteroatoms. The van der Waals surface area contributed by atoms with Gasteiger partial charge in [0.1, 0.15) is 16.7 Å². The fraction of sp³-hybridized carbons (Fsp3) is 0.545. The molecule has 0 bridgehead atoms. The first-order valence-corrected chi connectivity index (χ1v) is 6.62. The van der Waals surface area contributed by atoms with E-state index in [1.165, 1.54) is 19.3 Å². The number of aryl methyl sites for hydroxylation is 1. The number of halogens is 1. The lowest BCUT2D eigenvalue weighted by Crippen LogP contribution is -2.05. The molecule has 0 atom stereocenters. The Morgan fingerprint density at radius 3 is 3.06 bits per heavy atom. The summed E-state index contributed by atoms with van der Waals surface area (Å²) < 4.78 is 2.55. The van der Waals surface area contributed by atoms with Crippen LogP contribution in [0.1, 0.15) is 19.3 Å². The lowest BCUT2D eigenvalue weighted by molar-refractivity contribution is 0.758. The molecule has 0 radical (unpaired) electrons.